The molecule has 3 heterocycles. The first kappa shape index (κ1) is 24.0. The first-order valence-electron chi connectivity index (χ1n) is 12.9. The highest BCUT2D eigenvalue weighted by molar-refractivity contribution is 6.10. The number of nitrogens with zero attached hydrogens (tertiary/aromatic N) is 1. The molecule has 3 amide bonds. The molecule has 2 saturated heterocycles. The van der Waals surface area contributed by atoms with Gasteiger partial charge < -0.3 is 15.4 Å². The van der Waals surface area contributed by atoms with Crippen molar-refractivity contribution < 1.29 is 19.1 Å². The second-order valence-electron chi connectivity index (χ2n) is 12.0. The van der Waals surface area contributed by atoms with Gasteiger partial charge in [0.2, 0.25) is 17.7 Å². The van der Waals surface area contributed by atoms with E-state index in [0.29, 0.717) is 11.6 Å². The van der Waals surface area contributed by atoms with Gasteiger partial charge in [0.1, 0.15) is 11.6 Å². The van der Waals surface area contributed by atoms with E-state index in [-0.39, 0.29) is 23.8 Å². The van der Waals surface area contributed by atoms with Gasteiger partial charge in [0.15, 0.2) is 0 Å². The third-order valence-electron chi connectivity index (χ3n) is 8.20. The number of hydrogen-bond acceptors (Lipinski definition) is 4. The van der Waals surface area contributed by atoms with Crippen LogP contribution in [0.3, 0.4) is 0 Å². The Morgan fingerprint density at radius 3 is 2.40 bits per heavy atom. The summed E-state index contributed by atoms with van der Waals surface area (Å²) in [6.45, 7) is 9.78. The Hall–Kier alpha value is -2.67. The van der Waals surface area contributed by atoms with Crippen molar-refractivity contribution in [2.75, 3.05) is 4.90 Å². The van der Waals surface area contributed by atoms with Crippen LogP contribution in [0.1, 0.15) is 60.3 Å². The van der Waals surface area contributed by atoms with Gasteiger partial charge in [0, 0.05) is 17.3 Å². The summed E-state index contributed by atoms with van der Waals surface area (Å²) >= 11 is 0. The maximum atomic E-state index is 14.1. The average Bonchev–Trinajstić information content (AvgIpc) is 3.35. The van der Waals surface area contributed by atoms with E-state index in [1.807, 2.05) is 70.2 Å². The largest absolute Gasteiger partial charge is 0.356 e. The number of carbonyl (C=O) groups is 3. The molecule has 7 heteroatoms. The monoisotopic (exact) mass is 479 g/mol. The van der Waals surface area contributed by atoms with Crippen LogP contribution in [0.5, 0.6) is 0 Å². The summed E-state index contributed by atoms with van der Waals surface area (Å²) in [5.74, 6) is -1.75. The Balaban J connectivity index is 1.54. The minimum Gasteiger partial charge on any atom is -0.356 e. The van der Waals surface area contributed by atoms with E-state index >= 15 is 0 Å². The Morgan fingerprint density at radius 1 is 1.06 bits per heavy atom. The number of nitrogens with one attached hydrogen (secondary N) is 2. The molecule has 0 unspecified atom stereocenters. The zero-order valence-electron chi connectivity index (χ0n) is 21.3. The van der Waals surface area contributed by atoms with Crippen molar-refractivity contribution in [3.8, 4) is 0 Å². The Kier molecular flexibility index (Phi) is 5.62. The molecule has 1 aromatic rings. The lowest BCUT2D eigenvalue weighted by atomic mass is 9.70. The van der Waals surface area contributed by atoms with Crippen molar-refractivity contribution in [1.29, 1.82) is 0 Å². The van der Waals surface area contributed by atoms with E-state index in [1.165, 1.54) is 6.42 Å². The van der Waals surface area contributed by atoms with Crippen molar-refractivity contribution in [2.45, 2.75) is 89.1 Å². The number of anilines is 1. The highest BCUT2D eigenvalue weighted by Crippen LogP contribution is 2.60. The predicted octanol–water partition coefficient (Wildman–Crippen LogP) is 3.34. The number of amides is 3. The molecule has 4 aliphatic rings. The van der Waals surface area contributed by atoms with Crippen molar-refractivity contribution in [2.24, 2.45) is 17.8 Å². The molecule has 188 valence electrons. The number of rotatable bonds is 4. The van der Waals surface area contributed by atoms with Gasteiger partial charge in [-0.2, -0.15) is 0 Å². The lowest BCUT2D eigenvalue weighted by Crippen LogP contribution is -2.58. The van der Waals surface area contributed by atoms with E-state index in [1.54, 1.807) is 4.90 Å². The molecule has 1 aliphatic carbocycles. The first-order valence-corrected chi connectivity index (χ1v) is 12.9. The molecule has 7 nitrogen and oxygen atoms in total. The Bertz CT molecular complexity index is 1060. The van der Waals surface area contributed by atoms with Crippen LogP contribution in [-0.2, 0) is 19.1 Å². The van der Waals surface area contributed by atoms with Crippen LogP contribution >= 0.6 is 0 Å². The molecule has 7 atom stereocenters. The van der Waals surface area contributed by atoms with Crippen LogP contribution in [0.4, 0.5) is 5.69 Å². The lowest BCUT2D eigenvalue weighted by Gasteiger charge is -2.35. The summed E-state index contributed by atoms with van der Waals surface area (Å²) in [7, 11) is 0. The fraction of sp³-hybridized carbons (Fsp3) is 0.607. The van der Waals surface area contributed by atoms with E-state index in [0.717, 1.165) is 19.3 Å². The standard InChI is InChI=1S/C28H37N3O4/c1-17-11-9-10-14-19(17)29-23(32)20-21-25(34)31(18-12-7-6-8-13-18)22(24(33)30-26(2,3)4)28(21)16-15-27(20,5)35-28/h6-8,12-13,15-17,19-22H,9-11,14H2,1-5H3,(H,29,32)(H,30,33)/t17-,19+,20+,21-,22-,27+,28-/m1/s1. The van der Waals surface area contributed by atoms with Gasteiger partial charge in [-0.3, -0.25) is 19.3 Å². The Morgan fingerprint density at radius 2 is 1.74 bits per heavy atom. The van der Waals surface area contributed by atoms with Crippen LogP contribution in [0.15, 0.2) is 42.5 Å². The molecule has 35 heavy (non-hydrogen) atoms. The SMILES string of the molecule is C[C@@H]1CCCC[C@@H]1NC(=O)[C@@H]1[C@@H]2C(=O)N(c3ccccc3)[C@H](C(=O)NC(C)(C)C)[C@@]23C=C[C@]1(C)O3. The molecule has 3 aliphatic heterocycles. The third-order valence-corrected chi connectivity index (χ3v) is 8.20. The molecule has 1 saturated carbocycles. The number of benzene rings is 1. The molecule has 5 rings (SSSR count). The van der Waals surface area contributed by atoms with Crippen LogP contribution < -0.4 is 15.5 Å². The summed E-state index contributed by atoms with van der Waals surface area (Å²) in [5, 5.41) is 6.32. The van der Waals surface area contributed by atoms with E-state index in [2.05, 4.69) is 17.6 Å². The molecule has 1 aromatic carbocycles. The molecule has 2 N–H and O–H groups in total. The molecule has 0 aromatic heterocycles. The number of carbonyl (C=O) groups excluding carboxylic acids is 3. The molecular formula is C28H37N3O4. The van der Waals surface area contributed by atoms with E-state index in [9.17, 15) is 14.4 Å². The molecular weight excluding hydrogens is 442 g/mol. The summed E-state index contributed by atoms with van der Waals surface area (Å²) in [4.78, 5) is 43.2. The van der Waals surface area contributed by atoms with Crippen molar-refractivity contribution in [3.05, 3.63) is 42.5 Å². The van der Waals surface area contributed by atoms with Crippen molar-refractivity contribution >= 4 is 23.4 Å². The fourth-order valence-electron chi connectivity index (χ4n) is 6.64. The van der Waals surface area contributed by atoms with Gasteiger partial charge in [0.25, 0.3) is 0 Å². The minimum atomic E-state index is -1.20. The zero-order chi connectivity index (χ0) is 25.2. The van der Waals surface area contributed by atoms with E-state index < -0.39 is 34.6 Å². The normalized spacial score (nSPS) is 37.9. The van der Waals surface area contributed by atoms with Crippen molar-refractivity contribution in [1.82, 2.24) is 10.6 Å². The molecule has 2 bridgehead atoms. The van der Waals surface area contributed by atoms with Gasteiger partial charge >= 0.3 is 0 Å². The second-order valence-corrected chi connectivity index (χ2v) is 12.0. The summed E-state index contributed by atoms with van der Waals surface area (Å²) in [5.41, 5.74) is -2.00. The van der Waals surface area contributed by atoms with Crippen LogP contribution in [0.25, 0.3) is 0 Å². The highest BCUT2D eigenvalue weighted by atomic mass is 16.5. The first-order chi connectivity index (χ1) is 16.5. The van der Waals surface area contributed by atoms with Gasteiger partial charge in [-0.25, -0.2) is 0 Å². The van der Waals surface area contributed by atoms with Gasteiger partial charge in [-0.15, -0.1) is 0 Å². The summed E-state index contributed by atoms with van der Waals surface area (Å²) in [6, 6.07) is 8.39. The molecule has 0 radical (unpaired) electrons. The second kappa shape index (κ2) is 8.19. The van der Waals surface area contributed by atoms with Crippen LogP contribution in [0, 0.1) is 17.8 Å². The molecule has 3 fully saturated rings. The van der Waals surface area contributed by atoms with Crippen molar-refractivity contribution in [3.63, 3.8) is 0 Å². The number of ether oxygens (including phenoxy) is 1. The van der Waals surface area contributed by atoms with Gasteiger partial charge in [-0.1, -0.05) is 50.1 Å². The average molecular weight is 480 g/mol. The Labute approximate surface area is 207 Å². The fourth-order valence-corrected chi connectivity index (χ4v) is 6.64. The topological polar surface area (TPSA) is 87.7 Å². The zero-order valence-corrected chi connectivity index (χ0v) is 21.3. The van der Waals surface area contributed by atoms with Gasteiger partial charge in [-0.05, 0) is 58.6 Å². The lowest BCUT2D eigenvalue weighted by molar-refractivity contribution is -0.135. The molecule has 1 spiro atoms. The smallest absolute Gasteiger partial charge is 0.246 e. The maximum absolute atomic E-state index is 14.1. The van der Waals surface area contributed by atoms with Gasteiger partial charge in [0.05, 0.1) is 17.4 Å². The number of hydrogen-bond donors (Lipinski definition) is 2. The van der Waals surface area contributed by atoms with E-state index in [4.69, 9.17) is 4.74 Å². The quantitative estimate of drug-likeness (QED) is 0.649. The predicted molar refractivity (Wildman–Crippen MR) is 134 cm³/mol. The number of fused-ring (bicyclic) bond motifs is 1. The highest BCUT2D eigenvalue weighted by Gasteiger charge is 2.76. The maximum Gasteiger partial charge on any atom is 0.246 e. The third kappa shape index (κ3) is 3.79. The number of para-hydroxylation sites is 1. The van der Waals surface area contributed by atoms with Crippen LogP contribution in [0.2, 0.25) is 0 Å². The van der Waals surface area contributed by atoms with Crippen LogP contribution in [-0.4, -0.2) is 46.5 Å². The summed E-state index contributed by atoms with van der Waals surface area (Å²) in [6.07, 6.45) is 8.06. The summed E-state index contributed by atoms with van der Waals surface area (Å²) < 4.78 is 6.60. The minimum absolute atomic E-state index is 0.0978.